The van der Waals surface area contributed by atoms with Gasteiger partial charge in [-0.3, -0.25) is 4.79 Å². The fourth-order valence-electron chi connectivity index (χ4n) is 5.20. The molecule has 1 amide bonds. The van der Waals surface area contributed by atoms with E-state index in [9.17, 15) is 4.79 Å². The number of unbranched alkanes of at least 4 members (excludes halogenated alkanes) is 11. The Morgan fingerprint density at radius 1 is 0.878 bits per heavy atom. The van der Waals surface area contributed by atoms with Gasteiger partial charge in [-0.05, 0) is 40.5 Å². The van der Waals surface area contributed by atoms with Crippen LogP contribution in [-0.2, 0) is 23.2 Å². The van der Waals surface area contributed by atoms with Gasteiger partial charge in [0, 0.05) is 24.0 Å². The summed E-state index contributed by atoms with van der Waals surface area (Å²) in [6.07, 6.45) is 18.4. The van der Waals surface area contributed by atoms with Crippen molar-refractivity contribution in [2.45, 2.75) is 123 Å². The van der Waals surface area contributed by atoms with Crippen molar-refractivity contribution in [3.8, 4) is 5.75 Å². The van der Waals surface area contributed by atoms with E-state index in [4.69, 9.17) is 4.74 Å². The number of nitrogens with zero attached hydrogens (tertiary/aromatic N) is 1. The Bertz CT molecular complexity index is 1080. The number of carbonyl (C=O) groups is 1. The van der Waals surface area contributed by atoms with Crippen molar-refractivity contribution in [2.24, 2.45) is 0 Å². The van der Waals surface area contributed by atoms with E-state index in [1.54, 1.807) is 11.8 Å². The van der Waals surface area contributed by atoms with E-state index in [1.807, 2.05) is 18.2 Å². The van der Waals surface area contributed by atoms with E-state index in [0.29, 0.717) is 13.0 Å². The summed E-state index contributed by atoms with van der Waals surface area (Å²) < 4.78 is 6.33. The molecule has 1 aliphatic heterocycles. The number of carbonyl (C=O) groups excluding carboxylic acids is 1. The maximum absolute atomic E-state index is 13.2. The minimum absolute atomic E-state index is 0.0116. The Morgan fingerprint density at radius 2 is 1.54 bits per heavy atom. The lowest BCUT2D eigenvalue weighted by molar-refractivity contribution is -0.115. The predicted octanol–water partition coefficient (Wildman–Crippen LogP) is 10.2. The van der Waals surface area contributed by atoms with Crippen LogP contribution in [0.1, 0.15) is 121 Å². The molecule has 0 atom stereocenters. The minimum atomic E-state index is -0.0116. The molecule has 226 valence electrons. The zero-order valence-electron chi connectivity index (χ0n) is 26.2. The Labute approximate surface area is 254 Å². The Hall–Kier alpha value is -2.40. The molecule has 5 heteroatoms. The Morgan fingerprint density at radius 3 is 2.17 bits per heavy atom. The minimum Gasteiger partial charge on any atom is -0.493 e. The van der Waals surface area contributed by atoms with Crippen LogP contribution >= 0.6 is 11.8 Å². The number of thioether (sulfide) groups is 1. The highest BCUT2D eigenvalue weighted by atomic mass is 32.2. The van der Waals surface area contributed by atoms with Crippen LogP contribution in [0.3, 0.4) is 0 Å². The summed E-state index contributed by atoms with van der Waals surface area (Å²) in [7, 11) is 0. The summed E-state index contributed by atoms with van der Waals surface area (Å²) in [4.78, 5) is 15.4. The van der Waals surface area contributed by atoms with Gasteiger partial charge in [-0.1, -0.05) is 129 Å². The fourth-order valence-corrected chi connectivity index (χ4v) is 5.92. The molecule has 1 aliphatic rings. The molecule has 0 aromatic heterocycles. The molecule has 1 heterocycles. The van der Waals surface area contributed by atoms with Crippen molar-refractivity contribution < 1.29 is 9.53 Å². The van der Waals surface area contributed by atoms with Gasteiger partial charge in [-0.2, -0.15) is 0 Å². The maximum atomic E-state index is 13.2. The van der Waals surface area contributed by atoms with Gasteiger partial charge >= 0.3 is 0 Å². The van der Waals surface area contributed by atoms with Crippen LogP contribution in [-0.4, -0.2) is 23.3 Å². The highest BCUT2D eigenvalue weighted by molar-refractivity contribution is 8.02. The average Bonchev–Trinajstić information content (AvgIpc) is 3.45. The summed E-state index contributed by atoms with van der Waals surface area (Å²) in [5.41, 5.74) is 4.21. The number of rotatable bonds is 19. The molecular formula is C36H54N2O2S. The van der Waals surface area contributed by atoms with Crippen LogP contribution in [0.5, 0.6) is 5.75 Å². The van der Waals surface area contributed by atoms with Gasteiger partial charge in [-0.25, -0.2) is 0 Å². The largest absolute Gasteiger partial charge is 0.493 e. The molecule has 0 saturated carbocycles. The van der Waals surface area contributed by atoms with E-state index in [0.717, 1.165) is 41.4 Å². The van der Waals surface area contributed by atoms with Crippen molar-refractivity contribution in [1.82, 2.24) is 4.90 Å². The van der Waals surface area contributed by atoms with Gasteiger partial charge < -0.3 is 15.0 Å². The number of hydrogen-bond acceptors (Lipinski definition) is 4. The lowest BCUT2D eigenvalue weighted by atomic mass is 9.86. The fraction of sp³-hybridized carbons (Fsp3) is 0.583. The first-order valence-corrected chi connectivity index (χ1v) is 17.1. The molecule has 2 aromatic rings. The van der Waals surface area contributed by atoms with E-state index < -0.39 is 0 Å². The molecule has 1 N–H and O–H groups in total. The smallest absolute Gasteiger partial charge is 0.228 e. The molecule has 0 spiro atoms. The van der Waals surface area contributed by atoms with E-state index in [1.165, 1.54) is 76.2 Å². The molecule has 4 nitrogen and oxygen atoms in total. The summed E-state index contributed by atoms with van der Waals surface area (Å²) in [5.74, 6) is 1.79. The highest BCUT2D eigenvalue weighted by Gasteiger charge is 2.18. The summed E-state index contributed by atoms with van der Waals surface area (Å²) in [6.45, 7) is 10.4. The monoisotopic (exact) mass is 578 g/mol. The van der Waals surface area contributed by atoms with E-state index in [2.05, 4.69) is 73.8 Å². The number of amides is 1. The molecule has 0 unspecified atom stereocenters. The quantitative estimate of drug-likeness (QED) is 0.168. The molecule has 0 radical (unpaired) electrons. The third-order valence-corrected chi connectivity index (χ3v) is 8.61. The van der Waals surface area contributed by atoms with Crippen molar-refractivity contribution in [2.75, 3.05) is 17.8 Å². The lowest BCUT2D eigenvalue weighted by Gasteiger charge is -2.22. The van der Waals surface area contributed by atoms with Crippen LogP contribution in [0.15, 0.2) is 54.1 Å². The second-order valence-electron chi connectivity index (χ2n) is 12.5. The normalized spacial score (nSPS) is 13.1. The Balaban J connectivity index is 1.47. The molecule has 41 heavy (non-hydrogen) atoms. The molecule has 0 saturated heterocycles. The van der Waals surface area contributed by atoms with E-state index in [-0.39, 0.29) is 11.3 Å². The standard InChI is InChI=1S/C36H54N2O2S/c1-5-6-7-8-9-10-11-12-13-14-15-18-24-40-34-27-32(36(2,3)4)22-21-30(34)26-35(39)37-33-20-17-16-19-31(33)28-38-23-25-41-29-38/h16-17,19-23,25,27H,5-15,18,24,26,28-29H2,1-4H3,(H,37,39). The topological polar surface area (TPSA) is 41.6 Å². The second kappa shape index (κ2) is 18.2. The van der Waals surface area contributed by atoms with Gasteiger partial charge in [0.15, 0.2) is 0 Å². The van der Waals surface area contributed by atoms with Gasteiger partial charge in [0.1, 0.15) is 5.75 Å². The van der Waals surface area contributed by atoms with Crippen LogP contribution < -0.4 is 10.1 Å². The highest BCUT2D eigenvalue weighted by Crippen LogP contribution is 2.30. The first-order valence-electron chi connectivity index (χ1n) is 16.0. The molecule has 2 aromatic carbocycles. The number of hydrogen-bond donors (Lipinski definition) is 1. The van der Waals surface area contributed by atoms with Gasteiger partial charge in [0.2, 0.25) is 5.91 Å². The van der Waals surface area contributed by atoms with Gasteiger partial charge in [-0.15, -0.1) is 11.8 Å². The van der Waals surface area contributed by atoms with Crippen LogP contribution in [0.2, 0.25) is 0 Å². The van der Waals surface area contributed by atoms with Gasteiger partial charge in [0.05, 0.1) is 18.9 Å². The maximum Gasteiger partial charge on any atom is 0.228 e. The average molecular weight is 579 g/mol. The summed E-state index contributed by atoms with van der Waals surface area (Å²) in [6, 6.07) is 14.5. The van der Waals surface area contributed by atoms with Crippen LogP contribution in [0.25, 0.3) is 0 Å². The SMILES string of the molecule is CCCCCCCCCCCCCCOc1cc(C(C)(C)C)ccc1CC(=O)Nc1ccccc1CN1C=CSC1. The van der Waals surface area contributed by atoms with E-state index >= 15 is 0 Å². The number of benzene rings is 2. The number of para-hydroxylation sites is 1. The first kappa shape index (κ1) is 33.1. The molecule has 0 fully saturated rings. The zero-order valence-corrected chi connectivity index (χ0v) is 27.0. The van der Waals surface area contributed by atoms with Crippen molar-refractivity contribution >= 4 is 23.4 Å². The first-order chi connectivity index (χ1) is 19.9. The molecule has 0 bridgehead atoms. The number of nitrogens with one attached hydrogen (secondary N) is 1. The predicted molar refractivity (Wildman–Crippen MR) is 178 cm³/mol. The number of ether oxygens (including phenoxy) is 1. The summed E-state index contributed by atoms with van der Waals surface area (Å²) in [5, 5.41) is 5.28. The van der Waals surface area contributed by atoms with Crippen molar-refractivity contribution in [3.05, 3.63) is 70.8 Å². The van der Waals surface area contributed by atoms with Crippen LogP contribution in [0, 0.1) is 0 Å². The molecular weight excluding hydrogens is 524 g/mol. The second-order valence-corrected chi connectivity index (χ2v) is 13.4. The van der Waals surface area contributed by atoms with Crippen molar-refractivity contribution in [3.63, 3.8) is 0 Å². The zero-order chi connectivity index (χ0) is 29.3. The lowest BCUT2D eigenvalue weighted by Crippen LogP contribution is -2.19. The third kappa shape index (κ3) is 12.6. The number of anilines is 1. The summed E-state index contributed by atoms with van der Waals surface area (Å²) >= 11 is 1.79. The van der Waals surface area contributed by atoms with Crippen molar-refractivity contribution in [1.29, 1.82) is 0 Å². The van der Waals surface area contributed by atoms with Crippen LogP contribution in [0.4, 0.5) is 5.69 Å². The molecule has 0 aliphatic carbocycles. The Kier molecular flexibility index (Phi) is 14.7. The molecule has 3 rings (SSSR count). The van der Waals surface area contributed by atoms with Gasteiger partial charge in [0.25, 0.3) is 0 Å². The third-order valence-electron chi connectivity index (χ3n) is 7.81.